The van der Waals surface area contributed by atoms with Crippen LogP contribution in [0.2, 0.25) is 0 Å². The summed E-state index contributed by atoms with van der Waals surface area (Å²) in [6.45, 7) is 0. The van der Waals surface area contributed by atoms with Crippen molar-refractivity contribution in [3.05, 3.63) is 77.0 Å². The fourth-order valence-corrected chi connectivity index (χ4v) is 3.17. The number of hydrogen-bond donors (Lipinski definition) is 4. The number of urea groups is 1. The number of allylic oxidation sites excluding steroid dienone is 1. The van der Waals surface area contributed by atoms with Crippen molar-refractivity contribution in [2.24, 2.45) is 5.73 Å². The average molecular weight is 334 g/mol. The number of rotatable bonds is 4. The summed E-state index contributed by atoms with van der Waals surface area (Å²) in [5.41, 5.74) is 9.97. The minimum atomic E-state index is -0.348. The van der Waals surface area contributed by atoms with Gasteiger partial charge in [-0.3, -0.25) is 0 Å². The highest BCUT2D eigenvalue weighted by Crippen LogP contribution is 2.29. The zero-order chi connectivity index (χ0) is 17.6. The first-order chi connectivity index (χ1) is 12.2. The van der Waals surface area contributed by atoms with Gasteiger partial charge in [0.25, 0.3) is 0 Å². The van der Waals surface area contributed by atoms with Crippen LogP contribution >= 0.6 is 0 Å². The smallest absolute Gasteiger partial charge is 0.319 e. The lowest BCUT2D eigenvalue weighted by atomic mass is 9.88. The van der Waals surface area contributed by atoms with E-state index >= 15 is 0 Å². The van der Waals surface area contributed by atoms with E-state index in [1.807, 2.05) is 42.5 Å². The third kappa shape index (κ3) is 3.88. The second-order valence-electron chi connectivity index (χ2n) is 6.08. The van der Waals surface area contributed by atoms with Gasteiger partial charge in [-0.1, -0.05) is 54.6 Å². The maximum Gasteiger partial charge on any atom is 0.319 e. The van der Waals surface area contributed by atoms with Crippen molar-refractivity contribution >= 4 is 17.9 Å². The molecule has 0 bridgehead atoms. The van der Waals surface area contributed by atoms with E-state index in [-0.39, 0.29) is 17.8 Å². The number of aryl methyl sites for hydroxylation is 1. The number of amides is 2. The number of nitrogens with two attached hydrogens (primary N) is 1. The summed E-state index contributed by atoms with van der Waals surface area (Å²) in [5, 5.41) is 13.3. The molecule has 25 heavy (non-hydrogen) atoms. The molecule has 0 heterocycles. The number of fused-ring (bicyclic) bond motifs is 1. The Labute approximate surface area is 147 Å². The molecular formula is C20H22N4O. The van der Waals surface area contributed by atoms with E-state index in [4.69, 9.17) is 11.1 Å². The molecule has 2 aromatic rings. The zero-order valence-electron chi connectivity index (χ0n) is 14.0. The molecule has 0 saturated carbocycles. The third-order valence-electron chi connectivity index (χ3n) is 4.44. The first-order valence-electron chi connectivity index (χ1n) is 8.40. The minimum Gasteiger partial charge on any atom is -0.397 e. The predicted octanol–water partition coefficient (Wildman–Crippen LogP) is 3.34. The standard InChI is InChI=1S/C20H22N4O/c21-13-18(19(22)15-8-2-1-3-9-15)24-20(25)23-17-12-6-10-14-7-4-5-11-16(14)17/h1-5,7-9,11,13,17,21H,6,10,12,22H2,(H2,23,24,25)/b19-18+,21-13?. The average Bonchev–Trinajstić information content (AvgIpc) is 2.66. The number of carbonyl (C=O) groups excluding carboxylic acids is 1. The monoisotopic (exact) mass is 334 g/mol. The summed E-state index contributed by atoms with van der Waals surface area (Å²) in [6.07, 6.45) is 4.06. The highest BCUT2D eigenvalue weighted by molar-refractivity contribution is 5.93. The van der Waals surface area contributed by atoms with Gasteiger partial charge in [-0.2, -0.15) is 0 Å². The maximum absolute atomic E-state index is 12.4. The van der Waals surface area contributed by atoms with Crippen molar-refractivity contribution < 1.29 is 4.79 Å². The molecule has 1 unspecified atom stereocenters. The van der Waals surface area contributed by atoms with Crippen molar-refractivity contribution in [3.63, 3.8) is 0 Å². The number of nitrogens with one attached hydrogen (secondary N) is 3. The summed E-state index contributed by atoms with van der Waals surface area (Å²) < 4.78 is 0. The molecule has 128 valence electrons. The van der Waals surface area contributed by atoms with Gasteiger partial charge in [0.2, 0.25) is 0 Å². The Kier molecular flexibility index (Phi) is 5.14. The highest BCUT2D eigenvalue weighted by atomic mass is 16.2. The van der Waals surface area contributed by atoms with Gasteiger partial charge >= 0.3 is 6.03 Å². The number of carbonyl (C=O) groups is 1. The summed E-state index contributed by atoms with van der Waals surface area (Å²) in [6, 6.07) is 17.1. The Morgan fingerprint density at radius 2 is 1.84 bits per heavy atom. The molecule has 0 spiro atoms. The van der Waals surface area contributed by atoms with Gasteiger partial charge < -0.3 is 21.8 Å². The molecule has 0 radical (unpaired) electrons. The van der Waals surface area contributed by atoms with Crippen LogP contribution in [0.5, 0.6) is 0 Å². The molecule has 2 amide bonds. The van der Waals surface area contributed by atoms with Crippen molar-refractivity contribution in [3.8, 4) is 0 Å². The van der Waals surface area contributed by atoms with E-state index < -0.39 is 0 Å². The van der Waals surface area contributed by atoms with Crippen molar-refractivity contribution in [2.75, 3.05) is 0 Å². The van der Waals surface area contributed by atoms with Crippen LogP contribution in [0, 0.1) is 5.41 Å². The third-order valence-corrected chi connectivity index (χ3v) is 4.44. The molecule has 0 fully saturated rings. The van der Waals surface area contributed by atoms with Crippen LogP contribution in [-0.4, -0.2) is 12.2 Å². The van der Waals surface area contributed by atoms with Crippen LogP contribution < -0.4 is 16.4 Å². The first kappa shape index (κ1) is 16.8. The topological polar surface area (TPSA) is 91.0 Å². The second-order valence-corrected chi connectivity index (χ2v) is 6.08. The molecule has 0 aromatic heterocycles. The SMILES string of the molecule is N=C/C(NC(=O)NC1CCCc2ccccc21)=C(\N)c1ccccc1. The van der Waals surface area contributed by atoms with Gasteiger partial charge in [0.15, 0.2) is 0 Å². The summed E-state index contributed by atoms with van der Waals surface area (Å²) in [5.74, 6) is 0. The van der Waals surface area contributed by atoms with Crippen LogP contribution in [0.15, 0.2) is 60.3 Å². The largest absolute Gasteiger partial charge is 0.397 e. The zero-order valence-corrected chi connectivity index (χ0v) is 14.0. The molecule has 5 nitrogen and oxygen atoms in total. The molecule has 1 aliphatic rings. The summed E-state index contributed by atoms with van der Waals surface area (Å²) in [7, 11) is 0. The normalized spacial score (nSPS) is 17.0. The lowest BCUT2D eigenvalue weighted by Crippen LogP contribution is -2.39. The lowest BCUT2D eigenvalue weighted by Gasteiger charge is -2.26. The Hall–Kier alpha value is -3.08. The van der Waals surface area contributed by atoms with Gasteiger partial charge in [-0.15, -0.1) is 0 Å². The molecule has 1 atom stereocenters. The predicted molar refractivity (Wildman–Crippen MR) is 100 cm³/mol. The van der Waals surface area contributed by atoms with Crippen LogP contribution in [0.25, 0.3) is 5.70 Å². The molecule has 5 heteroatoms. The van der Waals surface area contributed by atoms with Gasteiger partial charge in [0.1, 0.15) is 0 Å². The maximum atomic E-state index is 12.4. The van der Waals surface area contributed by atoms with Gasteiger partial charge in [-0.25, -0.2) is 4.79 Å². The Balaban J connectivity index is 1.73. The number of benzene rings is 2. The summed E-state index contributed by atoms with van der Waals surface area (Å²) >= 11 is 0. The van der Waals surface area contributed by atoms with E-state index in [0.717, 1.165) is 31.0 Å². The van der Waals surface area contributed by atoms with Crippen LogP contribution in [0.3, 0.4) is 0 Å². The van der Waals surface area contributed by atoms with Crippen molar-refractivity contribution in [1.29, 1.82) is 5.41 Å². The minimum absolute atomic E-state index is 0.0186. The molecular weight excluding hydrogens is 312 g/mol. The van der Waals surface area contributed by atoms with E-state index in [1.165, 1.54) is 11.1 Å². The van der Waals surface area contributed by atoms with Gasteiger partial charge in [0.05, 0.1) is 17.4 Å². The lowest BCUT2D eigenvalue weighted by molar-refractivity contribution is 0.238. The summed E-state index contributed by atoms with van der Waals surface area (Å²) in [4.78, 5) is 12.4. The van der Waals surface area contributed by atoms with Crippen LogP contribution in [0.1, 0.15) is 35.6 Å². The quantitative estimate of drug-likeness (QED) is 0.646. The van der Waals surface area contributed by atoms with Crippen molar-refractivity contribution in [2.45, 2.75) is 25.3 Å². The second kappa shape index (κ2) is 7.66. The Morgan fingerprint density at radius 3 is 2.60 bits per heavy atom. The van der Waals surface area contributed by atoms with E-state index in [9.17, 15) is 4.79 Å². The molecule has 2 aromatic carbocycles. The van der Waals surface area contributed by atoms with E-state index in [0.29, 0.717) is 5.70 Å². The fraction of sp³-hybridized carbons (Fsp3) is 0.200. The van der Waals surface area contributed by atoms with Gasteiger partial charge in [0, 0.05) is 6.21 Å². The van der Waals surface area contributed by atoms with Crippen LogP contribution in [-0.2, 0) is 6.42 Å². The fourth-order valence-electron chi connectivity index (χ4n) is 3.17. The van der Waals surface area contributed by atoms with Crippen LogP contribution in [0.4, 0.5) is 4.79 Å². The molecule has 3 rings (SSSR count). The molecule has 0 aliphatic heterocycles. The van der Waals surface area contributed by atoms with Gasteiger partial charge in [-0.05, 0) is 36.0 Å². The molecule has 0 saturated heterocycles. The molecule has 1 aliphatic carbocycles. The molecule has 5 N–H and O–H groups in total. The van der Waals surface area contributed by atoms with E-state index in [2.05, 4.69) is 22.8 Å². The van der Waals surface area contributed by atoms with E-state index in [1.54, 1.807) is 0 Å². The first-order valence-corrected chi connectivity index (χ1v) is 8.40. The van der Waals surface area contributed by atoms with Crippen molar-refractivity contribution in [1.82, 2.24) is 10.6 Å². The highest BCUT2D eigenvalue weighted by Gasteiger charge is 2.21. The number of hydrogen-bond acceptors (Lipinski definition) is 3. The Morgan fingerprint density at radius 1 is 1.12 bits per heavy atom. The Bertz CT molecular complexity index is 798.